The minimum atomic E-state index is -3.60. The summed E-state index contributed by atoms with van der Waals surface area (Å²) in [6.07, 6.45) is 1.67. The number of sulfonamides is 1. The van der Waals surface area contributed by atoms with Gasteiger partial charge in [0.15, 0.2) is 0 Å². The van der Waals surface area contributed by atoms with Crippen molar-refractivity contribution >= 4 is 33.7 Å². The lowest BCUT2D eigenvalue weighted by molar-refractivity contribution is 0.259. The summed E-state index contributed by atoms with van der Waals surface area (Å²) < 4.78 is 39.5. The van der Waals surface area contributed by atoms with E-state index in [1.165, 1.54) is 17.8 Å². The summed E-state index contributed by atoms with van der Waals surface area (Å²) in [5, 5.41) is 12.2. The molecule has 3 N–H and O–H groups in total. The van der Waals surface area contributed by atoms with Crippen molar-refractivity contribution in [2.24, 2.45) is 5.92 Å². The Morgan fingerprint density at radius 2 is 1.79 bits per heavy atom. The molecule has 8 nitrogen and oxygen atoms in total. The van der Waals surface area contributed by atoms with Gasteiger partial charge in [-0.3, -0.25) is 4.72 Å². The average molecular weight is 444 g/mol. The molecular formula is C18H26FN5O3S2. The van der Waals surface area contributed by atoms with Gasteiger partial charge in [0.25, 0.3) is 0 Å². The van der Waals surface area contributed by atoms with Gasteiger partial charge in [-0.25, -0.2) is 12.8 Å². The minimum Gasteiger partial charge on any atom is -0.394 e. The Hall–Kier alpha value is -1.98. The summed E-state index contributed by atoms with van der Waals surface area (Å²) in [6, 6.07) is 6.05. The Morgan fingerprint density at radius 3 is 2.38 bits per heavy atom. The lowest BCUT2D eigenvalue weighted by atomic mass is 10.0. The number of thioether (sulfide) groups is 1. The smallest absolute Gasteiger partial charge is 0.241 e. The molecule has 0 aliphatic rings. The lowest BCUT2D eigenvalue weighted by Gasteiger charge is -2.19. The molecule has 1 aromatic heterocycles. The number of aliphatic hydroxyl groups is 1. The molecule has 0 saturated carbocycles. The number of nitrogens with zero attached hydrogens (tertiary/aromatic N) is 3. The van der Waals surface area contributed by atoms with Crippen LogP contribution in [0.3, 0.4) is 0 Å². The van der Waals surface area contributed by atoms with Crippen molar-refractivity contribution in [1.29, 1.82) is 0 Å². The second-order valence-corrected chi connectivity index (χ2v) is 10.2. The molecule has 2 aromatic rings. The largest absolute Gasteiger partial charge is 0.394 e. The molecule has 0 radical (unpaired) electrons. The van der Waals surface area contributed by atoms with Gasteiger partial charge in [0, 0.05) is 4.90 Å². The zero-order valence-corrected chi connectivity index (χ0v) is 18.4. The van der Waals surface area contributed by atoms with Crippen LogP contribution in [0, 0.1) is 11.7 Å². The number of aromatic nitrogens is 3. The van der Waals surface area contributed by atoms with E-state index >= 15 is 0 Å². The standard InChI is InChI=1S/C18H26FN5O3S2/c1-11(2)9-13(10-25)20-17-21-16(22-18(23-17)24-29(4,26)27)12(3)28-15-8-6-5-7-14(15)19/h5-8,11-13,25H,9-10H2,1-4H3,(H2,20,21,22,23,24)/t12?,13-/m1/s1. The molecular weight excluding hydrogens is 417 g/mol. The second kappa shape index (κ2) is 10.2. The molecule has 1 unspecified atom stereocenters. The van der Waals surface area contributed by atoms with Crippen molar-refractivity contribution in [3.05, 3.63) is 35.9 Å². The molecule has 2 atom stereocenters. The van der Waals surface area contributed by atoms with E-state index in [1.807, 2.05) is 13.8 Å². The van der Waals surface area contributed by atoms with Crippen LogP contribution in [0.1, 0.15) is 38.3 Å². The van der Waals surface area contributed by atoms with Crippen molar-refractivity contribution in [3.8, 4) is 0 Å². The maximum Gasteiger partial charge on any atom is 0.241 e. The van der Waals surface area contributed by atoms with Crippen LogP contribution < -0.4 is 10.0 Å². The number of halogens is 1. The van der Waals surface area contributed by atoms with E-state index < -0.39 is 10.0 Å². The first-order chi connectivity index (χ1) is 13.6. The number of rotatable bonds is 10. The fourth-order valence-corrected chi connectivity index (χ4v) is 3.92. The molecule has 0 aliphatic heterocycles. The fraction of sp³-hybridized carbons (Fsp3) is 0.500. The quantitative estimate of drug-likeness (QED) is 0.480. The van der Waals surface area contributed by atoms with Gasteiger partial charge in [-0.2, -0.15) is 15.0 Å². The van der Waals surface area contributed by atoms with Crippen molar-refractivity contribution in [2.75, 3.05) is 22.9 Å². The molecule has 11 heteroatoms. The zero-order chi connectivity index (χ0) is 21.6. The van der Waals surface area contributed by atoms with Gasteiger partial charge in [0.2, 0.25) is 21.9 Å². The van der Waals surface area contributed by atoms with E-state index in [2.05, 4.69) is 25.0 Å². The highest BCUT2D eigenvalue weighted by atomic mass is 32.2. The Morgan fingerprint density at radius 1 is 1.14 bits per heavy atom. The second-order valence-electron chi connectivity index (χ2n) is 7.06. The molecule has 0 aliphatic carbocycles. The van der Waals surface area contributed by atoms with Crippen LogP contribution in [-0.2, 0) is 10.0 Å². The highest BCUT2D eigenvalue weighted by molar-refractivity contribution is 7.99. The average Bonchev–Trinajstić information content (AvgIpc) is 2.61. The van der Waals surface area contributed by atoms with Gasteiger partial charge in [-0.05, 0) is 31.4 Å². The van der Waals surface area contributed by atoms with E-state index in [1.54, 1.807) is 25.1 Å². The van der Waals surface area contributed by atoms with E-state index in [4.69, 9.17) is 0 Å². The van der Waals surface area contributed by atoms with Crippen LogP contribution in [0.4, 0.5) is 16.3 Å². The molecule has 2 rings (SSSR count). The molecule has 0 saturated heterocycles. The summed E-state index contributed by atoms with van der Waals surface area (Å²) in [7, 11) is -3.60. The number of hydrogen-bond acceptors (Lipinski definition) is 8. The summed E-state index contributed by atoms with van der Waals surface area (Å²) in [4.78, 5) is 13.1. The number of nitrogens with one attached hydrogen (secondary N) is 2. The van der Waals surface area contributed by atoms with E-state index in [0.717, 1.165) is 6.26 Å². The third kappa shape index (κ3) is 7.75. The zero-order valence-electron chi connectivity index (χ0n) is 16.8. The fourth-order valence-electron chi connectivity index (χ4n) is 2.56. The van der Waals surface area contributed by atoms with E-state index in [-0.39, 0.29) is 41.4 Å². The molecule has 160 valence electrons. The topological polar surface area (TPSA) is 117 Å². The SMILES string of the molecule is CC(C)C[C@H](CO)Nc1nc(NS(C)(=O)=O)nc(C(C)Sc2ccccc2F)n1. The number of aliphatic hydroxyl groups excluding tert-OH is 1. The summed E-state index contributed by atoms with van der Waals surface area (Å²) in [5.74, 6) is 0.251. The third-order valence-corrected chi connectivity index (χ3v) is 5.45. The first-order valence-electron chi connectivity index (χ1n) is 9.09. The predicted octanol–water partition coefficient (Wildman–Crippen LogP) is 3.05. The van der Waals surface area contributed by atoms with Crippen molar-refractivity contribution in [1.82, 2.24) is 15.0 Å². The summed E-state index contributed by atoms with van der Waals surface area (Å²) >= 11 is 1.21. The number of anilines is 2. The molecule has 0 spiro atoms. The number of benzene rings is 1. The minimum absolute atomic E-state index is 0.131. The summed E-state index contributed by atoms with van der Waals surface area (Å²) in [6.45, 7) is 5.70. The molecule has 0 fully saturated rings. The van der Waals surface area contributed by atoms with Crippen molar-refractivity contribution in [2.45, 2.75) is 43.4 Å². The molecule has 0 bridgehead atoms. The van der Waals surface area contributed by atoms with Gasteiger partial charge in [-0.15, -0.1) is 11.8 Å². The molecule has 29 heavy (non-hydrogen) atoms. The van der Waals surface area contributed by atoms with Crippen LogP contribution >= 0.6 is 11.8 Å². The third-order valence-electron chi connectivity index (χ3n) is 3.74. The Balaban J connectivity index is 2.34. The van der Waals surface area contributed by atoms with E-state index in [0.29, 0.717) is 17.2 Å². The van der Waals surface area contributed by atoms with Crippen LogP contribution in [0.25, 0.3) is 0 Å². The predicted molar refractivity (Wildman–Crippen MR) is 113 cm³/mol. The van der Waals surface area contributed by atoms with Crippen LogP contribution in [0.5, 0.6) is 0 Å². The monoisotopic (exact) mass is 443 g/mol. The lowest BCUT2D eigenvalue weighted by Crippen LogP contribution is -2.27. The first-order valence-corrected chi connectivity index (χ1v) is 11.9. The highest BCUT2D eigenvalue weighted by Crippen LogP contribution is 2.35. The Bertz CT molecular complexity index is 927. The van der Waals surface area contributed by atoms with Crippen LogP contribution in [0.2, 0.25) is 0 Å². The van der Waals surface area contributed by atoms with Gasteiger partial charge < -0.3 is 10.4 Å². The van der Waals surface area contributed by atoms with Crippen molar-refractivity contribution < 1.29 is 17.9 Å². The molecule has 0 amide bonds. The molecule has 1 heterocycles. The van der Waals surface area contributed by atoms with E-state index in [9.17, 15) is 17.9 Å². The van der Waals surface area contributed by atoms with Crippen molar-refractivity contribution in [3.63, 3.8) is 0 Å². The first kappa shape index (κ1) is 23.3. The van der Waals surface area contributed by atoms with Gasteiger partial charge >= 0.3 is 0 Å². The van der Waals surface area contributed by atoms with Crippen LogP contribution in [-0.4, -0.2) is 47.4 Å². The maximum absolute atomic E-state index is 14.0. The highest BCUT2D eigenvalue weighted by Gasteiger charge is 2.19. The van der Waals surface area contributed by atoms with Gasteiger partial charge in [0.05, 0.1) is 24.2 Å². The summed E-state index contributed by atoms with van der Waals surface area (Å²) in [5.41, 5.74) is 0. The number of hydrogen-bond donors (Lipinski definition) is 3. The Kier molecular flexibility index (Phi) is 8.17. The van der Waals surface area contributed by atoms with Crippen LogP contribution in [0.15, 0.2) is 29.2 Å². The maximum atomic E-state index is 14.0. The molecule has 1 aromatic carbocycles. The normalized spacial score (nSPS) is 13.9. The van der Waals surface area contributed by atoms with Gasteiger partial charge in [0.1, 0.15) is 11.6 Å². The van der Waals surface area contributed by atoms with Gasteiger partial charge in [-0.1, -0.05) is 26.0 Å². The Labute approximate surface area is 174 Å².